The van der Waals surface area contributed by atoms with Crippen molar-refractivity contribution in [2.24, 2.45) is 10.1 Å². The third-order valence-corrected chi connectivity index (χ3v) is 8.81. The van der Waals surface area contributed by atoms with Crippen LogP contribution < -0.4 is 4.57 Å². The topological polar surface area (TPSA) is 153 Å². The van der Waals surface area contributed by atoms with Gasteiger partial charge in [-0.25, -0.2) is 17.8 Å². The maximum absolute atomic E-state index is 12.0. The van der Waals surface area contributed by atoms with Crippen LogP contribution in [0, 0.1) is 0 Å². The number of unbranched alkanes of at least 4 members (excludes halogenated alkanes) is 2. The fourth-order valence-electron chi connectivity index (χ4n) is 4.84. The van der Waals surface area contributed by atoms with Gasteiger partial charge in [-0.05, 0) is 75.7 Å². The molecule has 1 fully saturated rings. The summed E-state index contributed by atoms with van der Waals surface area (Å²) >= 11 is 1.48. The average Bonchev–Trinajstić information content (AvgIpc) is 3.51. The quantitative estimate of drug-likeness (QED) is 0.141. The van der Waals surface area contributed by atoms with Crippen LogP contribution in [-0.4, -0.2) is 63.9 Å². The molecule has 0 aliphatic carbocycles. The molecule has 0 N–H and O–H groups in total. The fraction of sp³-hybridized carbons (Fsp3) is 0.500. The van der Waals surface area contributed by atoms with Gasteiger partial charge >= 0.3 is 11.8 Å². The third-order valence-electron chi connectivity index (χ3n) is 7.09. The highest BCUT2D eigenvalue weighted by Crippen LogP contribution is 2.38. The van der Waals surface area contributed by atoms with Crippen molar-refractivity contribution in [3.05, 3.63) is 47.2 Å². The van der Waals surface area contributed by atoms with E-state index in [1.54, 1.807) is 5.01 Å². The summed E-state index contributed by atoms with van der Waals surface area (Å²) in [4.78, 5) is 45.1. The van der Waals surface area contributed by atoms with E-state index in [2.05, 4.69) is 29.6 Å². The Balaban J connectivity index is 1.32. The third kappa shape index (κ3) is 7.92. The minimum atomic E-state index is -4.26. The zero-order valence-corrected chi connectivity index (χ0v) is 25.6. The van der Waals surface area contributed by atoms with Gasteiger partial charge in [0.2, 0.25) is 0 Å². The summed E-state index contributed by atoms with van der Waals surface area (Å²) in [6, 6.07) is 4.07. The van der Waals surface area contributed by atoms with Crippen LogP contribution in [0.25, 0.3) is 0 Å². The van der Waals surface area contributed by atoms with Crippen LogP contribution in [0.15, 0.2) is 51.7 Å². The lowest BCUT2D eigenvalue weighted by molar-refractivity contribution is -0.684. The van der Waals surface area contributed by atoms with Crippen LogP contribution in [-0.2, 0) is 41.3 Å². The molecule has 1 aromatic heterocycles. The first kappa shape index (κ1) is 31.6. The van der Waals surface area contributed by atoms with Gasteiger partial charge in [0.15, 0.2) is 5.71 Å². The molecule has 0 bridgehead atoms. The Labute approximate surface area is 249 Å². The molecule has 4 heterocycles. The molecule has 4 rings (SSSR count). The standard InChI is InChI=1S/C28H35N5O7S2/c1-20-30-32(18-9-19-42(37,38)39)25(41-20)12-7-11-22-28(2,3)21-10-8-17-31(27(21)29-22)16-6-4-5-13-26(36)40-33-23(34)14-15-24(33)35/h7-8,10-12,17H,4-6,9,13-16,18-19H2,1-3H3. The highest BCUT2D eigenvalue weighted by molar-refractivity contribution is 8.17. The van der Waals surface area contributed by atoms with Crippen LogP contribution >= 0.6 is 11.8 Å². The zero-order chi connectivity index (χ0) is 30.5. The Morgan fingerprint density at radius 2 is 1.93 bits per heavy atom. The van der Waals surface area contributed by atoms with Crippen LogP contribution in [0.5, 0.6) is 0 Å². The number of allylic oxidation sites excluding steroid dienone is 3. The number of nitrogens with zero attached hydrogens (tertiary/aromatic N) is 5. The monoisotopic (exact) mass is 617 g/mol. The molecule has 12 nitrogen and oxygen atoms in total. The lowest BCUT2D eigenvalue weighted by Crippen LogP contribution is -2.35. The number of hydroxylamine groups is 2. The van der Waals surface area contributed by atoms with Crippen molar-refractivity contribution >= 4 is 56.2 Å². The van der Waals surface area contributed by atoms with E-state index < -0.39 is 33.7 Å². The maximum Gasteiger partial charge on any atom is 0.333 e. The number of aromatic nitrogens is 1. The van der Waals surface area contributed by atoms with Crippen molar-refractivity contribution in [2.45, 2.75) is 77.7 Å². The molecule has 1 aromatic rings. The predicted octanol–water partition coefficient (Wildman–Crippen LogP) is 3.22. The predicted molar refractivity (Wildman–Crippen MR) is 156 cm³/mol. The lowest BCUT2D eigenvalue weighted by atomic mass is 9.82. The van der Waals surface area contributed by atoms with Gasteiger partial charge in [0.25, 0.3) is 11.8 Å². The molecule has 14 heteroatoms. The van der Waals surface area contributed by atoms with E-state index in [-0.39, 0.29) is 31.1 Å². The number of aryl methyl sites for hydroxylation is 1. The van der Waals surface area contributed by atoms with Gasteiger partial charge in [-0.3, -0.25) is 14.6 Å². The van der Waals surface area contributed by atoms with Gasteiger partial charge in [0, 0.05) is 31.6 Å². The minimum absolute atomic E-state index is 0.0752. The van der Waals surface area contributed by atoms with Crippen LogP contribution in [0.3, 0.4) is 0 Å². The van der Waals surface area contributed by atoms with Crippen molar-refractivity contribution in [2.75, 3.05) is 12.3 Å². The molecule has 2 amide bonds. The Morgan fingerprint density at radius 1 is 1.19 bits per heavy atom. The summed E-state index contributed by atoms with van der Waals surface area (Å²) in [5.74, 6) is -1.08. The van der Waals surface area contributed by atoms with E-state index in [4.69, 9.17) is 9.83 Å². The van der Waals surface area contributed by atoms with E-state index in [1.165, 1.54) is 11.8 Å². The van der Waals surface area contributed by atoms with Crippen molar-refractivity contribution in [3.63, 3.8) is 0 Å². The molecule has 0 saturated carbocycles. The second-order valence-electron chi connectivity index (χ2n) is 10.7. The molecule has 0 unspecified atom stereocenters. The number of fused-ring (bicyclic) bond motifs is 1. The number of imide groups is 1. The van der Waals surface area contributed by atoms with Gasteiger partial charge in [0.1, 0.15) is 0 Å². The molecule has 0 spiro atoms. The first-order valence-electron chi connectivity index (χ1n) is 13.9. The van der Waals surface area contributed by atoms with E-state index in [0.717, 1.165) is 40.0 Å². The van der Waals surface area contributed by atoms with Crippen molar-refractivity contribution in [3.8, 4) is 0 Å². The van der Waals surface area contributed by atoms with Crippen molar-refractivity contribution in [1.29, 1.82) is 0 Å². The molecule has 3 aliphatic rings. The van der Waals surface area contributed by atoms with Gasteiger partial charge in [-0.2, -0.15) is 5.10 Å². The number of carbonyl (C=O) groups is 3. The zero-order valence-electron chi connectivity index (χ0n) is 23.9. The van der Waals surface area contributed by atoms with Crippen LogP contribution in [0.4, 0.5) is 5.82 Å². The van der Waals surface area contributed by atoms with Crippen molar-refractivity contribution < 1.29 is 36.8 Å². The van der Waals surface area contributed by atoms with E-state index in [1.807, 2.05) is 37.4 Å². The van der Waals surface area contributed by atoms with E-state index in [9.17, 15) is 27.4 Å². The minimum Gasteiger partial charge on any atom is -0.748 e. The maximum atomic E-state index is 12.0. The van der Waals surface area contributed by atoms with Gasteiger partial charge in [-0.1, -0.05) is 17.8 Å². The molecule has 0 atom stereocenters. The summed E-state index contributed by atoms with van der Waals surface area (Å²) in [5, 5.41) is 8.39. The Kier molecular flexibility index (Phi) is 10.00. The Morgan fingerprint density at radius 3 is 2.64 bits per heavy atom. The summed E-state index contributed by atoms with van der Waals surface area (Å²) in [5.41, 5.74) is 1.68. The second kappa shape index (κ2) is 13.3. The van der Waals surface area contributed by atoms with E-state index >= 15 is 0 Å². The van der Waals surface area contributed by atoms with Crippen LogP contribution in [0.1, 0.15) is 71.3 Å². The molecule has 3 aliphatic heterocycles. The molecule has 42 heavy (non-hydrogen) atoms. The number of aliphatic imine (C=N–C) groups is 1. The number of hydrazone groups is 1. The van der Waals surface area contributed by atoms with Gasteiger partial charge in [0.05, 0.1) is 43.9 Å². The summed E-state index contributed by atoms with van der Waals surface area (Å²) in [6.45, 7) is 7.16. The first-order chi connectivity index (χ1) is 19.8. The summed E-state index contributed by atoms with van der Waals surface area (Å²) in [7, 11) is -4.26. The molecule has 1 saturated heterocycles. The number of thioether (sulfide) groups is 1. The van der Waals surface area contributed by atoms with Crippen LogP contribution in [0.2, 0.25) is 0 Å². The molecule has 0 aromatic carbocycles. The van der Waals surface area contributed by atoms with Crippen molar-refractivity contribution in [1.82, 2.24) is 10.1 Å². The summed E-state index contributed by atoms with van der Waals surface area (Å²) < 4.78 is 34.9. The number of carbonyl (C=O) groups excluding carboxylic acids is 3. The number of pyridine rings is 1. The van der Waals surface area contributed by atoms with Gasteiger partial charge in [-0.15, -0.1) is 5.06 Å². The average molecular weight is 618 g/mol. The molecular formula is C28H35N5O7S2. The number of amides is 2. The normalized spacial score (nSPS) is 19.2. The highest BCUT2D eigenvalue weighted by atomic mass is 32.2. The Bertz CT molecular complexity index is 1460. The molecular weight excluding hydrogens is 582 g/mol. The molecule has 0 radical (unpaired) electrons. The summed E-state index contributed by atoms with van der Waals surface area (Å²) in [6.07, 6.45) is 10.4. The number of rotatable bonds is 13. The first-order valence-corrected chi connectivity index (χ1v) is 16.3. The SMILES string of the molecule is CC1=NN(CCCS(=O)(=O)[O-])/C(=C/C=C/C2=Nc3c(ccc[n+]3CCCCCC(=O)ON3C(=O)CCC3=O)C2(C)C)S1. The molecule has 226 valence electrons. The number of hydrogen-bond donors (Lipinski definition) is 0. The highest BCUT2D eigenvalue weighted by Gasteiger charge is 2.42. The number of hydrogen-bond acceptors (Lipinski definition) is 11. The second-order valence-corrected chi connectivity index (χ2v) is 13.5. The lowest BCUT2D eigenvalue weighted by Gasteiger charge is -2.17. The largest absolute Gasteiger partial charge is 0.748 e. The Hall–Kier alpha value is -3.36. The van der Waals surface area contributed by atoms with E-state index in [0.29, 0.717) is 24.6 Å². The fourth-order valence-corrected chi connectivity index (χ4v) is 6.15. The smallest absolute Gasteiger partial charge is 0.333 e. The van der Waals surface area contributed by atoms with Gasteiger partial charge < -0.3 is 9.39 Å².